The summed E-state index contributed by atoms with van der Waals surface area (Å²) in [5.41, 5.74) is 1.43. The molecule has 9 heteroatoms. The third kappa shape index (κ3) is 4.70. The number of thioether (sulfide) groups is 1. The first-order valence-corrected chi connectivity index (χ1v) is 15.6. The van der Waals surface area contributed by atoms with Gasteiger partial charge in [-0.2, -0.15) is 0 Å². The van der Waals surface area contributed by atoms with Crippen LogP contribution in [0.25, 0.3) is 0 Å². The molecule has 40 heavy (non-hydrogen) atoms. The highest BCUT2D eigenvalue weighted by Crippen LogP contribution is 2.69. The number of amides is 3. The summed E-state index contributed by atoms with van der Waals surface area (Å²) in [6.07, 6.45) is 5.42. The minimum absolute atomic E-state index is 0.0209. The molecule has 3 saturated heterocycles. The summed E-state index contributed by atoms with van der Waals surface area (Å²) in [5, 5.41) is 10.8. The molecular formula is C31H42ClN3O4S. The molecule has 0 saturated carbocycles. The van der Waals surface area contributed by atoms with Crippen molar-refractivity contribution in [1.82, 2.24) is 9.80 Å². The molecule has 4 rings (SSSR count). The lowest BCUT2D eigenvalue weighted by atomic mass is 9.65. The van der Waals surface area contributed by atoms with E-state index in [1.165, 1.54) is 0 Å². The highest BCUT2D eigenvalue weighted by Gasteiger charge is 2.77. The minimum Gasteiger partial charge on any atom is -0.394 e. The largest absolute Gasteiger partial charge is 0.394 e. The van der Waals surface area contributed by atoms with Gasteiger partial charge in [0.1, 0.15) is 6.04 Å². The normalized spacial score (nSPS) is 29.3. The molecule has 3 unspecified atom stereocenters. The number of aryl methyl sites for hydroxylation is 1. The molecule has 218 valence electrons. The Kier molecular flexibility index (Phi) is 9.42. The van der Waals surface area contributed by atoms with Gasteiger partial charge in [0.25, 0.3) is 5.91 Å². The van der Waals surface area contributed by atoms with Gasteiger partial charge in [0, 0.05) is 24.9 Å². The quantitative estimate of drug-likeness (QED) is 0.359. The molecule has 1 N–H and O–H groups in total. The van der Waals surface area contributed by atoms with Crippen molar-refractivity contribution in [1.29, 1.82) is 0 Å². The first-order valence-electron chi connectivity index (χ1n) is 14.3. The SMILES string of the molecule is C=CCN(CCC)C(=O)[C@@H]1[C@@H]2CC(C)C3(S2)C(C(=O)N(CC=C)c2c(C)cccc2Cl)N([C@@H](CC)CO)C(=O)[C@H]13. The Morgan fingerprint density at radius 2 is 1.95 bits per heavy atom. The molecule has 7 atom stereocenters. The van der Waals surface area contributed by atoms with E-state index in [0.29, 0.717) is 30.2 Å². The Morgan fingerprint density at radius 1 is 1.25 bits per heavy atom. The molecule has 7 nitrogen and oxygen atoms in total. The smallest absolute Gasteiger partial charge is 0.251 e. The van der Waals surface area contributed by atoms with E-state index in [1.807, 2.05) is 32.9 Å². The van der Waals surface area contributed by atoms with E-state index in [-0.39, 0.29) is 42.0 Å². The molecule has 3 aliphatic rings. The number of hydrogen-bond acceptors (Lipinski definition) is 5. The van der Waals surface area contributed by atoms with Crippen molar-refractivity contribution < 1.29 is 19.5 Å². The van der Waals surface area contributed by atoms with E-state index in [1.54, 1.807) is 44.7 Å². The second-order valence-corrected chi connectivity index (χ2v) is 13.2. The highest BCUT2D eigenvalue weighted by molar-refractivity contribution is 8.02. The molecule has 3 amide bonds. The van der Waals surface area contributed by atoms with Gasteiger partial charge in [0.05, 0.1) is 39.9 Å². The average molecular weight is 588 g/mol. The topological polar surface area (TPSA) is 81.2 Å². The number of carbonyl (C=O) groups is 3. The monoisotopic (exact) mass is 587 g/mol. The van der Waals surface area contributed by atoms with Gasteiger partial charge in [0.2, 0.25) is 11.8 Å². The maximum atomic E-state index is 14.8. The number of aliphatic hydroxyl groups excluding tert-OH is 1. The van der Waals surface area contributed by atoms with Crippen molar-refractivity contribution in [2.75, 3.05) is 31.1 Å². The number of nitrogens with zero attached hydrogens (tertiary/aromatic N) is 3. The van der Waals surface area contributed by atoms with Gasteiger partial charge in [-0.15, -0.1) is 24.9 Å². The van der Waals surface area contributed by atoms with Gasteiger partial charge in [-0.25, -0.2) is 0 Å². The number of aliphatic hydroxyl groups is 1. The average Bonchev–Trinajstić information content (AvgIpc) is 3.52. The zero-order valence-electron chi connectivity index (χ0n) is 24.0. The lowest BCUT2D eigenvalue weighted by Crippen LogP contribution is -2.59. The van der Waals surface area contributed by atoms with Crippen molar-refractivity contribution in [3.63, 3.8) is 0 Å². The number of anilines is 1. The second-order valence-electron chi connectivity index (χ2n) is 11.3. The lowest BCUT2D eigenvalue weighted by molar-refractivity contribution is -0.145. The van der Waals surface area contributed by atoms with Crippen molar-refractivity contribution in [2.45, 2.75) is 69.0 Å². The number of carbonyl (C=O) groups excluding carboxylic acids is 3. The third-order valence-electron chi connectivity index (χ3n) is 8.97. The Morgan fingerprint density at radius 3 is 2.52 bits per heavy atom. The Hall–Kier alpha value is -2.29. The van der Waals surface area contributed by atoms with Crippen molar-refractivity contribution in [3.8, 4) is 0 Å². The second kappa shape index (κ2) is 12.3. The van der Waals surface area contributed by atoms with Crippen molar-refractivity contribution in [3.05, 3.63) is 54.1 Å². The third-order valence-corrected chi connectivity index (χ3v) is 11.3. The molecule has 1 aromatic carbocycles. The maximum Gasteiger partial charge on any atom is 0.251 e. The standard InChI is InChI=1S/C31H42ClN3O4S/c1-7-14-33(15-8-2)28(37)24-23-17-20(6)31(40-23)25(24)29(38)35(21(10-4)18-36)27(31)30(39)34(16-9-3)26-19(5)12-11-13-22(26)32/h7,9,11-13,20-21,23-25,27,36H,1,3,8,10,14-18H2,2,4-6H3/t20?,21-,23-,24+,25-,27?,31?/m0/s1. The maximum absolute atomic E-state index is 14.8. The van der Waals surface area contributed by atoms with Gasteiger partial charge < -0.3 is 19.8 Å². The molecule has 3 aliphatic heterocycles. The van der Waals surface area contributed by atoms with Crippen LogP contribution in [0.15, 0.2) is 43.5 Å². The number of benzene rings is 1. The zero-order valence-corrected chi connectivity index (χ0v) is 25.6. The number of hydrogen-bond donors (Lipinski definition) is 1. The number of para-hydroxylation sites is 1. The molecule has 3 fully saturated rings. The van der Waals surface area contributed by atoms with Crippen LogP contribution in [0.2, 0.25) is 5.02 Å². The summed E-state index contributed by atoms with van der Waals surface area (Å²) in [6.45, 7) is 16.6. The first kappa shape index (κ1) is 30.7. The summed E-state index contributed by atoms with van der Waals surface area (Å²) in [5.74, 6) is -1.64. The van der Waals surface area contributed by atoms with Crippen LogP contribution in [0, 0.1) is 24.7 Å². The van der Waals surface area contributed by atoms with Gasteiger partial charge in [-0.05, 0) is 43.7 Å². The summed E-state index contributed by atoms with van der Waals surface area (Å²) in [7, 11) is 0. The van der Waals surface area contributed by atoms with Crippen LogP contribution >= 0.6 is 23.4 Å². The molecule has 1 aromatic rings. The van der Waals surface area contributed by atoms with Crippen LogP contribution in [0.1, 0.15) is 45.6 Å². The minimum atomic E-state index is -0.848. The van der Waals surface area contributed by atoms with Crippen LogP contribution in [0.5, 0.6) is 0 Å². The van der Waals surface area contributed by atoms with Gasteiger partial charge >= 0.3 is 0 Å². The number of halogens is 1. The van der Waals surface area contributed by atoms with E-state index in [4.69, 9.17) is 11.6 Å². The predicted molar refractivity (Wildman–Crippen MR) is 162 cm³/mol. The van der Waals surface area contributed by atoms with Crippen molar-refractivity contribution in [2.24, 2.45) is 17.8 Å². The predicted octanol–water partition coefficient (Wildman–Crippen LogP) is 4.70. The molecular weight excluding hydrogens is 546 g/mol. The van der Waals surface area contributed by atoms with Crippen molar-refractivity contribution >= 4 is 46.8 Å². The van der Waals surface area contributed by atoms with Crippen LogP contribution in [0.4, 0.5) is 5.69 Å². The number of likely N-dealkylation sites (tertiary alicyclic amines) is 1. The molecule has 3 heterocycles. The fraction of sp³-hybridized carbons (Fsp3) is 0.581. The highest BCUT2D eigenvalue weighted by atomic mass is 35.5. The number of rotatable bonds is 12. The van der Waals surface area contributed by atoms with Gasteiger partial charge in [-0.3, -0.25) is 14.4 Å². The van der Waals surface area contributed by atoms with Gasteiger partial charge in [0.15, 0.2) is 0 Å². The van der Waals surface area contributed by atoms with Gasteiger partial charge in [-0.1, -0.05) is 56.7 Å². The first-order chi connectivity index (χ1) is 19.1. The fourth-order valence-corrected chi connectivity index (χ4v) is 10.0. The van der Waals surface area contributed by atoms with E-state index in [0.717, 1.165) is 18.4 Å². The van der Waals surface area contributed by atoms with Crippen LogP contribution in [0.3, 0.4) is 0 Å². The van der Waals surface area contributed by atoms with E-state index in [9.17, 15) is 19.5 Å². The Balaban J connectivity index is 1.87. The Bertz CT molecular complexity index is 1150. The summed E-state index contributed by atoms with van der Waals surface area (Å²) < 4.78 is -0.789. The van der Waals surface area contributed by atoms with E-state index >= 15 is 0 Å². The summed E-state index contributed by atoms with van der Waals surface area (Å²) >= 11 is 8.30. The Labute approximate surface area is 247 Å². The summed E-state index contributed by atoms with van der Waals surface area (Å²) in [4.78, 5) is 48.4. The van der Waals surface area contributed by atoms with Crippen LogP contribution < -0.4 is 4.90 Å². The summed E-state index contributed by atoms with van der Waals surface area (Å²) in [6, 6.07) is 4.11. The number of fused-ring (bicyclic) bond motifs is 1. The van der Waals surface area contributed by atoms with Crippen LogP contribution in [-0.4, -0.2) is 80.9 Å². The zero-order chi connectivity index (χ0) is 29.4. The molecule has 0 radical (unpaired) electrons. The lowest BCUT2D eigenvalue weighted by Gasteiger charge is -2.42. The molecule has 2 bridgehead atoms. The van der Waals surface area contributed by atoms with E-state index in [2.05, 4.69) is 20.1 Å². The fourth-order valence-electron chi connectivity index (χ4n) is 7.29. The van der Waals surface area contributed by atoms with E-state index < -0.39 is 28.7 Å². The van der Waals surface area contributed by atoms with Crippen LogP contribution in [-0.2, 0) is 14.4 Å². The molecule has 1 spiro atoms. The molecule has 0 aliphatic carbocycles. The molecule has 0 aromatic heterocycles.